The molecule has 5 rings (SSSR count). The predicted molar refractivity (Wildman–Crippen MR) is 146 cm³/mol. The van der Waals surface area contributed by atoms with E-state index < -0.39 is 10.0 Å². The number of hydrogen-bond acceptors (Lipinski definition) is 7. The second-order valence-corrected chi connectivity index (χ2v) is 11.2. The van der Waals surface area contributed by atoms with Gasteiger partial charge in [0.15, 0.2) is 0 Å². The van der Waals surface area contributed by atoms with Crippen molar-refractivity contribution < 1.29 is 17.9 Å². The Morgan fingerprint density at radius 2 is 1.62 bits per heavy atom. The van der Waals surface area contributed by atoms with Gasteiger partial charge >= 0.3 is 0 Å². The van der Waals surface area contributed by atoms with Gasteiger partial charge < -0.3 is 18.9 Å². The van der Waals surface area contributed by atoms with E-state index >= 15 is 0 Å². The molecule has 0 aliphatic carbocycles. The Hall–Kier alpha value is -3.34. The highest BCUT2D eigenvalue weighted by Crippen LogP contribution is 2.35. The van der Waals surface area contributed by atoms with Gasteiger partial charge in [-0.25, -0.2) is 8.42 Å². The lowest BCUT2D eigenvalue weighted by Crippen LogP contribution is -2.47. The van der Waals surface area contributed by atoms with Crippen molar-refractivity contribution in [1.82, 2.24) is 19.4 Å². The first kappa shape index (κ1) is 25.3. The van der Waals surface area contributed by atoms with Gasteiger partial charge in [0, 0.05) is 74.2 Å². The zero-order valence-corrected chi connectivity index (χ0v) is 22.5. The number of anilines is 1. The van der Waals surface area contributed by atoms with Gasteiger partial charge in [-0.1, -0.05) is 18.2 Å². The van der Waals surface area contributed by atoms with Crippen LogP contribution in [-0.4, -0.2) is 88.3 Å². The first-order chi connectivity index (χ1) is 17.8. The van der Waals surface area contributed by atoms with E-state index in [1.807, 2.05) is 37.4 Å². The van der Waals surface area contributed by atoms with Crippen LogP contribution in [0.2, 0.25) is 0 Å². The highest BCUT2D eigenvalue weighted by molar-refractivity contribution is 7.92. The van der Waals surface area contributed by atoms with Gasteiger partial charge in [-0.2, -0.15) is 4.98 Å². The Morgan fingerprint density at radius 3 is 2.35 bits per heavy atom. The highest BCUT2D eigenvalue weighted by Gasteiger charge is 2.30. The van der Waals surface area contributed by atoms with E-state index in [1.165, 1.54) is 18.5 Å². The number of methoxy groups -OCH3 is 2. The SMILES string of the molecule is COc1ccc(N(CCN2CCN(C)CC2)S(=O)(=O)c2ccc3c(c2)c2ccccc2n3C)c(OC)n1. The fourth-order valence-corrected chi connectivity index (χ4v) is 6.46. The van der Waals surface area contributed by atoms with Gasteiger partial charge in [0.1, 0.15) is 5.69 Å². The van der Waals surface area contributed by atoms with Gasteiger partial charge in [-0.05, 0) is 37.4 Å². The van der Waals surface area contributed by atoms with Crippen LogP contribution in [0.25, 0.3) is 21.8 Å². The number of pyridine rings is 1. The average Bonchev–Trinajstić information content (AvgIpc) is 3.21. The molecule has 0 radical (unpaired) electrons. The lowest BCUT2D eigenvalue weighted by atomic mass is 10.1. The fourth-order valence-electron chi connectivity index (χ4n) is 4.98. The zero-order valence-electron chi connectivity index (χ0n) is 21.7. The number of piperazine rings is 1. The second-order valence-electron chi connectivity index (χ2n) is 9.36. The molecule has 37 heavy (non-hydrogen) atoms. The highest BCUT2D eigenvalue weighted by atomic mass is 32.2. The molecule has 2 aromatic heterocycles. The number of rotatable bonds is 8. The van der Waals surface area contributed by atoms with E-state index in [0.717, 1.165) is 48.0 Å². The molecular weight excluding hydrogens is 490 g/mol. The number of ether oxygens (including phenoxy) is 2. The molecule has 1 saturated heterocycles. The maximum atomic E-state index is 14.2. The molecule has 4 aromatic rings. The summed E-state index contributed by atoms with van der Waals surface area (Å²) in [5.41, 5.74) is 2.42. The summed E-state index contributed by atoms with van der Waals surface area (Å²) in [4.78, 5) is 9.16. The van der Waals surface area contributed by atoms with Crippen molar-refractivity contribution >= 4 is 37.5 Å². The van der Waals surface area contributed by atoms with E-state index in [4.69, 9.17) is 9.47 Å². The molecular formula is C27H33N5O4S. The monoisotopic (exact) mass is 523 g/mol. The van der Waals surface area contributed by atoms with E-state index in [-0.39, 0.29) is 17.3 Å². The van der Waals surface area contributed by atoms with Gasteiger partial charge in [-0.15, -0.1) is 0 Å². The number of aromatic nitrogens is 2. The quantitative estimate of drug-likeness (QED) is 0.351. The summed E-state index contributed by atoms with van der Waals surface area (Å²) in [5.74, 6) is 0.557. The Balaban J connectivity index is 1.58. The zero-order chi connectivity index (χ0) is 26.2. The standard InChI is InChI=1S/C27H33N5O4S/c1-29-13-15-31(16-14-29)17-18-32(25-11-12-26(35-3)28-27(25)36-4)37(33,34)20-9-10-24-22(19-20)21-7-5-6-8-23(21)30(24)2/h5-12,19H,13-18H2,1-4H3. The molecule has 3 heterocycles. The molecule has 196 valence electrons. The van der Waals surface area contributed by atoms with Crippen LogP contribution in [0.15, 0.2) is 59.5 Å². The van der Waals surface area contributed by atoms with Crippen LogP contribution in [0.3, 0.4) is 0 Å². The summed E-state index contributed by atoms with van der Waals surface area (Å²) in [6.07, 6.45) is 0. The molecule has 1 aliphatic rings. The van der Waals surface area contributed by atoms with E-state index in [1.54, 1.807) is 24.3 Å². The maximum Gasteiger partial charge on any atom is 0.264 e. The third-order valence-electron chi connectivity index (χ3n) is 7.17. The van der Waals surface area contributed by atoms with Gasteiger partial charge in [0.05, 0.1) is 19.1 Å². The molecule has 1 aliphatic heterocycles. The van der Waals surface area contributed by atoms with Gasteiger partial charge in [0.25, 0.3) is 10.0 Å². The van der Waals surface area contributed by atoms with Gasteiger partial charge in [-0.3, -0.25) is 9.21 Å². The number of fused-ring (bicyclic) bond motifs is 3. The summed E-state index contributed by atoms with van der Waals surface area (Å²) >= 11 is 0. The Bertz CT molecular complexity index is 1530. The number of sulfonamides is 1. The van der Waals surface area contributed by atoms with E-state index in [2.05, 4.69) is 26.4 Å². The first-order valence-electron chi connectivity index (χ1n) is 12.3. The van der Waals surface area contributed by atoms with E-state index in [0.29, 0.717) is 18.1 Å². The Morgan fingerprint density at radius 1 is 0.892 bits per heavy atom. The van der Waals surface area contributed by atoms with Crippen molar-refractivity contribution in [2.45, 2.75) is 4.90 Å². The van der Waals surface area contributed by atoms with Gasteiger partial charge in [0.2, 0.25) is 11.8 Å². The van der Waals surface area contributed by atoms with Crippen molar-refractivity contribution in [2.75, 3.05) is 64.8 Å². The van der Waals surface area contributed by atoms with Crippen LogP contribution in [-0.2, 0) is 17.1 Å². The number of aryl methyl sites for hydroxylation is 1. The number of benzene rings is 2. The number of nitrogens with zero attached hydrogens (tertiary/aromatic N) is 5. The maximum absolute atomic E-state index is 14.2. The van der Waals surface area contributed by atoms with Crippen molar-refractivity contribution in [3.05, 3.63) is 54.6 Å². The van der Waals surface area contributed by atoms with Crippen LogP contribution in [0, 0.1) is 0 Å². The number of likely N-dealkylation sites (N-methyl/N-ethyl adjacent to an activating group) is 1. The summed E-state index contributed by atoms with van der Waals surface area (Å²) in [5, 5.41) is 1.92. The number of hydrogen-bond donors (Lipinski definition) is 0. The molecule has 0 atom stereocenters. The summed E-state index contributed by atoms with van der Waals surface area (Å²) < 4.78 is 42.8. The first-order valence-corrected chi connectivity index (χ1v) is 13.8. The molecule has 0 N–H and O–H groups in total. The second kappa shape index (κ2) is 10.2. The minimum absolute atomic E-state index is 0.201. The lowest BCUT2D eigenvalue weighted by Gasteiger charge is -2.34. The van der Waals surface area contributed by atoms with Crippen LogP contribution >= 0.6 is 0 Å². The normalized spacial score (nSPS) is 15.4. The smallest absolute Gasteiger partial charge is 0.264 e. The van der Waals surface area contributed by atoms with Crippen molar-refractivity contribution in [1.29, 1.82) is 0 Å². The van der Waals surface area contributed by atoms with E-state index in [9.17, 15) is 8.42 Å². The molecule has 0 saturated carbocycles. The molecule has 0 unspecified atom stereocenters. The molecule has 9 nitrogen and oxygen atoms in total. The lowest BCUT2D eigenvalue weighted by molar-refractivity contribution is 0.157. The Labute approximate surface area is 217 Å². The molecule has 0 bridgehead atoms. The van der Waals surface area contributed by atoms with Crippen molar-refractivity contribution in [3.63, 3.8) is 0 Å². The molecule has 1 fully saturated rings. The average molecular weight is 524 g/mol. The number of para-hydroxylation sites is 1. The topological polar surface area (TPSA) is 80.1 Å². The summed E-state index contributed by atoms with van der Waals surface area (Å²) in [7, 11) is 3.16. The van der Waals surface area contributed by atoms with Crippen LogP contribution < -0.4 is 13.8 Å². The molecule has 0 amide bonds. The summed E-state index contributed by atoms with van der Waals surface area (Å²) in [6, 6.07) is 16.7. The largest absolute Gasteiger partial charge is 0.481 e. The molecule has 10 heteroatoms. The summed E-state index contributed by atoms with van der Waals surface area (Å²) in [6.45, 7) is 4.56. The fraction of sp³-hybridized carbons (Fsp3) is 0.370. The minimum atomic E-state index is -3.94. The molecule has 0 spiro atoms. The predicted octanol–water partition coefficient (Wildman–Crippen LogP) is 3.19. The van der Waals surface area contributed by atoms with Crippen molar-refractivity contribution in [3.8, 4) is 11.8 Å². The van der Waals surface area contributed by atoms with Crippen LogP contribution in [0.5, 0.6) is 11.8 Å². The third kappa shape index (κ3) is 4.72. The van der Waals surface area contributed by atoms with Crippen molar-refractivity contribution in [2.24, 2.45) is 7.05 Å². The van der Waals surface area contributed by atoms with Crippen LogP contribution in [0.4, 0.5) is 5.69 Å². The Kier molecular flexibility index (Phi) is 6.98. The minimum Gasteiger partial charge on any atom is -0.481 e. The molecule has 2 aromatic carbocycles. The van der Waals surface area contributed by atoms with Crippen LogP contribution in [0.1, 0.15) is 0 Å². The third-order valence-corrected chi connectivity index (χ3v) is 8.98.